The topological polar surface area (TPSA) is 122 Å². The van der Waals surface area contributed by atoms with Gasteiger partial charge in [0.15, 0.2) is 0 Å². The molecule has 0 aliphatic heterocycles. The van der Waals surface area contributed by atoms with E-state index in [2.05, 4.69) is 25.1 Å². The molecule has 1 rings (SSSR count). The largest absolute Gasteiger partial charge is 0.265 e. The second-order valence-corrected chi connectivity index (χ2v) is 7.64. The maximum atomic E-state index is 9.03. The molecule has 0 amide bonds. The van der Waals surface area contributed by atoms with Gasteiger partial charge in [-0.25, -0.2) is 0 Å². The predicted octanol–water partition coefficient (Wildman–Crippen LogP) is 0.866. The molecule has 94 valence electrons. The van der Waals surface area contributed by atoms with Gasteiger partial charge in [-0.1, -0.05) is 6.07 Å². The number of nitrogens with zero attached hydrogens (tertiary/aromatic N) is 1. The van der Waals surface area contributed by atoms with Crippen LogP contribution in [0.1, 0.15) is 0 Å². The van der Waals surface area contributed by atoms with Gasteiger partial charge in [-0.15, -0.1) is 0 Å². The molecule has 0 unspecified atom stereocenters. The van der Waals surface area contributed by atoms with Crippen molar-refractivity contribution in [3.05, 3.63) is 30.6 Å². The van der Waals surface area contributed by atoms with Gasteiger partial charge >= 0.3 is 68.3 Å². The number of aromatic nitrogens is 1. The average Bonchev–Trinajstić information content (AvgIpc) is 2.01. The summed E-state index contributed by atoms with van der Waals surface area (Å²) in [6.45, 7) is 0. The zero-order valence-corrected chi connectivity index (χ0v) is 11.5. The van der Waals surface area contributed by atoms with E-state index in [0.29, 0.717) is 0 Å². The van der Waals surface area contributed by atoms with Crippen molar-refractivity contribution in [3.63, 3.8) is 0 Å². The summed E-state index contributed by atoms with van der Waals surface area (Å²) in [6, 6.07) is 5.72. The maximum absolute atomic E-state index is 9.03. The van der Waals surface area contributed by atoms with E-state index in [-0.39, 0.29) is 0 Å². The molecule has 0 aromatic carbocycles. The van der Waals surface area contributed by atoms with Crippen LogP contribution < -0.4 is 0 Å². The van der Waals surface area contributed by atoms with Crippen LogP contribution in [0.15, 0.2) is 30.6 Å². The molecule has 7 nitrogen and oxygen atoms in total. The van der Waals surface area contributed by atoms with Gasteiger partial charge in [0, 0.05) is 12.4 Å². The zero-order chi connectivity index (χ0) is 13.2. The summed E-state index contributed by atoms with van der Waals surface area (Å²) in [7, 11) is 8.26. The van der Waals surface area contributed by atoms with E-state index < -0.39 is 24.7 Å². The van der Waals surface area contributed by atoms with E-state index in [0.717, 1.165) is 0 Å². The molecule has 0 atom stereocenters. The number of rotatable bonds is 0. The van der Waals surface area contributed by atoms with Crippen LogP contribution in [0.4, 0.5) is 0 Å². The van der Waals surface area contributed by atoms with Gasteiger partial charge in [-0.3, -0.25) is 4.98 Å². The average molecular weight is 352 g/mol. The van der Waals surface area contributed by atoms with Crippen LogP contribution in [0.3, 0.4) is 0 Å². The van der Waals surface area contributed by atoms with Crippen LogP contribution >= 0.6 is 20.1 Å². The fourth-order valence-corrected chi connectivity index (χ4v) is 0.313. The molecule has 0 spiro atoms. The van der Waals surface area contributed by atoms with Crippen molar-refractivity contribution in [2.75, 3.05) is 0 Å². The van der Waals surface area contributed by atoms with Crippen LogP contribution in [-0.4, -0.2) is 13.3 Å². The molecule has 1 heterocycles. The van der Waals surface area contributed by atoms with E-state index in [1.807, 2.05) is 18.2 Å². The fourth-order valence-electron chi connectivity index (χ4n) is 0.313. The Bertz CT molecular complexity index is 386. The molecular formula is C5H7Cl2Cr2NO6. The third-order valence-corrected chi connectivity index (χ3v) is 0.566. The predicted molar refractivity (Wildman–Crippen MR) is 43.1 cm³/mol. The Kier molecular flexibility index (Phi) is 10.3. The molecule has 0 fully saturated rings. The van der Waals surface area contributed by atoms with Crippen molar-refractivity contribution >= 4 is 20.1 Å². The van der Waals surface area contributed by atoms with Gasteiger partial charge in [-0.05, 0) is 12.1 Å². The third-order valence-electron chi connectivity index (χ3n) is 0.566. The quantitative estimate of drug-likeness (QED) is 0.710. The van der Waals surface area contributed by atoms with E-state index >= 15 is 0 Å². The van der Waals surface area contributed by atoms with Crippen molar-refractivity contribution in [1.29, 1.82) is 0 Å². The van der Waals surface area contributed by atoms with Crippen LogP contribution in [0, 0.1) is 0 Å². The fraction of sp³-hybridized carbons (Fsp3) is 0. The maximum Gasteiger partial charge on any atom is 0.0267 e. The first-order chi connectivity index (χ1) is 7.00. The molecule has 0 bridgehead atoms. The Hall–Kier alpha value is -0.0851. The van der Waals surface area contributed by atoms with Crippen molar-refractivity contribution in [2.24, 2.45) is 0 Å². The summed E-state index contributed by atoms with van der Waals surface area (Å²) >= 11 is -9.56. The van der Waals surface area contributed by atoms with Crippen LogP contribution in [-0.2, 0) is 39.9 Å². The first kappa shape index (κ1) is 18.3. The van der Waals surface area contributed by atoms with Crippen molar-refractivity contribution in [3.8, 4) is 0 Å². The number of halogens is 2. The zero-order valence-electron chi connectivity index (χ0n) is 7.43. The summed E-state index contributed by atoms with van der Waals surface area (Å²) < 4.78 is 50.8. The Morgan fingerprint density at radius 1 is 0.812 bits per heavy atom. The van der Waals surface area contributed by atoms with E-state index in [9.17, 15) is 0 Å². The molecule has 11 heteroatoms. The second kappa shape index (κ2) is 9.00. The Morgan fingerprint density at radius 2 is 1.06 bits per heavy atom. The normalized spacial score (nSPS) is 10.2. The summed E-state index contributed by atoms with van der Waals surface area (Å²) in [5.41, 5.74) is 0. The molecule has 0 aliphatic rings. The van der Waals surface area contributed by atoms with Gasteiger partial charge in [-0.2, -0.15) is 0 Å². The SMILES string of the molecule is [O]=[Cr](=[O])([OH])[Cl].[O]=[Cr](=[O])([OH])[Cl].c1ccncc1. The number of pyridine rings is 1. The smallest absolute Gasteiger partial charge is 0.0267 e. The van der Waals surface area contributed by atoms with Gasteiger partial charge < -0.3 is 0 Å². The van der Waals surface area contributed by atoms with E-state index in [1.54, 1.807) is 12.4 Å². The molecule has 1 aromatic heterocycles. The molecular weight excluding hydrogens is 345 g/mol. The van der Waals surface area contributed by atoms with E-state index in [4.69, 9.17) is 23.5 Å². The van der Waals surface area contributed by atoms with Gasteiger partial charge in [0.1, 0.15) is 0 Å². The van der Waals surface area contributed by atoms with Crippen molar-refractivity contribution in [2.45, 2.75) is 0 Å². The summed E-state index contributed by atoms with van der Waals surface area (Å²) in [5, 5.41) is 0. The van der Waals surface area contributed by atoms with Crippen LogP contribution in [0.25, 0.3) is 0 Å². The molecule has 0 saturated carbocycles. The second-order valence-electron chi connectivity index (χ2n) is 1.85. The molecule has 2 N–H and O–H groups in total. The first-order valence-electron chi connectivity index (χ1n) is 3.19. The third kappa shape index (κ3) is 66.3. The molecule has 0 aliphatic carbocycles. The van der Waals surface area contributed by atoms with Gasteiger partial charge in [0.05, 0.1) is 0 Å². The Labute approximate surface area is 104 Å². The van der Waals surface area contributed by atoms with E-state index in [1.165, 1.54) is 0 Å². The Morgan fingerprint density at radius 3 is 1.12 bits per heavy atom. The van der Waals surface area contributed by atoms with Crippen LogP contribution in [0.5, 0.6) is 0 Å². The summed E-state index contributed by atoms with van der Waals surface area (Å²) in [5.74, 6) is 0. The Balaban J connectivity index is 0. The van der Waals surface area contributed by atoms with Gasteiger partial charge in [0.2, 0.25) is 0 Å². The molecule has 1 aromatic rings. The minimum absolute atomic E-state index is 1.75. The molecule has 0 radical (unpaired) electrons. The minimum Gasteiger partial charge on any atom is -0.265 e. The van der Waals surface area contributed by atoms with Crippen LogP contribution in [0.2, 0.25) is 0 Å². The van der Waals surface area contributed by atoms with Gasteiger partial charge in [0.25, 0.3) is 0 Å². The monoisotopic (exact) mass is 351 g/mol. The number of hydrogen-bond acceptors (Lipinski definition) is 5. The summed E-state index contributed by atoms with van der Waals surface area (Å²) in [6.07, 6.45) is 3.50. The standard InChI is InChI=1S/C5H5N.2ClH.2Cr.2H2O.4O/c1-2-4-6-5-3-1;;;;;;;;;;/h1-5H;2*1H;;;2*1H2;;;;/q;;;2*+2;;;;;;/p-4. The minimum atomic E-state index is -4.78. The number of hydrogen-bond donors (Lipinski definition) is 2. The first-order valence-corrected chi connectivity index (χ1v) is 9.92. The summed E-state index contributed by atoms with van der Waals surface area (Å²) in [4.78, 5) is 3.78. The van der Waals surface area contributed by atoms with Crippen molar-refractivity contribution in [1.82, 2.24) is 4.98 Å². The molecule has 16 heavy (non-hydrogen) atoms. The van der Waals surface area contributed by atoms with Crippen molar-refractivity contribution < 1.29 is 48.2 Å². The molecule has 0 saturated heterocycles.